The highest BCUT2D eigenvalue weighted by Crippen LogP contribution is 2.29. The first-order valence-electron chi connectivity index (χ1n) is 5.18. The van der Waals surface area contributed by atoms with E-state index in [1.165, 1.54) is 0 Å². The summed E-state index contributed by atoms with van der Waals surface area (Å²) in [6, 6.07) is 7.84. The number of benzene rings is 1. The Balaban J connectivity index is 2.42. The zero-order valence-electron chi connectivity index (χ0n) is 9.40. The molecule has 0 amide bonds. The first-order chi connectivity index (χ1) is 7.59. The van der Waals surface area contributed by atoms with Crippen LogP contribution in [0, 0.1) is 13.8 Å². The lowest BCUT2D eigenvalue weighted by atomic mass is 10.00. The van der Waals surface area contributed by atoms with E-state index in [1.54, 1.807) is 11.3 Å². The summed E-state index contributed by atoms with van der Waals surface area (Å²) in [4.78, 5) is 1.14. The van der Waals surface area contributed by atoms with Crippen LogP contribution < -0.4 is 5.73 Å². The minimum Gasteiger partial charge on any atom is -0.507 e. The topological polar surface area (TPSA) is 46.2 Å². The highest BCUT2D eigenvalue weighted by Gasteiger charge is 2.12. The first kappa shape index (κ1) is 11.2. The van der Waals surface area contributed by atoms with Crippen LogP contribution in [0.5, 0.6) is 5.75 Å². The normalized spacial score (nSPS) is 12.7. The van der Waals surface area contributed by atoms with Crippen molar-refractivity contribution < 1.29 is 5.11 Å². The molecule has 0 aliphatic rings. The van der Waals surface area contributed by atoms with E-state index >= 15 is 0 Å². The fourth-order valence-corrected chi connectivity index (χ4v) is 2.56. The molecule has 3 heteroatoms. The van der Waals surface area contributed by atoms with E-state index in [4.69, 9.17) is 5.73 Å². The summed E-state index contributed by atoms with van der Waals surface area (Å²) < 4.78 is 0. The van der Waals surface area contributed by atoms with Crippen LogP contribution in [-0.4, -0.2) is 5.11 Å². The zero-order chi connectivity index (χ0) is 11.7. The average Bonchev–Trinajstić information content (AvgIpc) is 2.77. The molecule has 0 radical (unpaired) electrons. The molecule has 84 valence electrons. The van der Waals surface area contributed by atoms with Crippen molar-refractivity contribution in [3.8, 4) is 5.75 Å². The molecule has 2 rings (SSSR count). The smallest absolute Gasteiger partial charge is 0.121 e. The van der Waals surface area contributed by atoms with Gasteiger partial charge in [-0.15, -0.1) is 11.3 Å². The molecular weight excluding hydrogens is 218 g/mol. The molecule has 0 aliphatic carbocycles. The lowest BCUT2D eigenvalue weighted by Gasteiger charge is -2.13. The molecule has 1 atom stereocenters. The number of aryl methyl sites for hydroxylation is 2. The summed E-state index contributed by atoms with van der Waals surface area (Å²) in [6.45, 7) is 3.79. The van der Waals surface area contributed by atoms with Crippen LogP contribution in [0.25, 0.3) is 0 Å². The third-order valence-corrected chi connectivity index (χ3v) is 3.68. The van der Waals surface area contributed by atoms with Crippen LogP contribution in [0.2, 0.25) is 0 Å². The molecule has 0 saturated heterocycles. The quantitative estimate of drug-likeness (QED) is 0.837. The van der Waals surface area contributed by atoms with Crippen LogP contribution in [0.15, 0.2) is 29.6 Å². The Hall–Kier alpha value is -1.32. The fourth-order valence-electron chi connectivity index (χ4n) is 1.80. The maximum atomic E-state index is 9.70. The Labute approximate surface area is 99.4 Å². The molecule has 0 spiro atoms. The second kappa shape index (κ2) is 4.28. The number of hydrogen-bond donors (Lipinski definition) is 2. The van der Waals surface area contributed by atoms with Crippen LogP contribution >= 0.6 is 11.3 Å². The molecule has 1 aromatic carbocycles. The summed E-state index contributed by atoms with van der Waals surface area (Å²) in [7, 11) is 0. The Morgan fingerprint density at radius 3 is 2.38 bits per heavy atom. The standard InChI is InChI=1S/C13H15NOS/c1-8-6-10(7-9(2)13(8)15)12(14)11-4-3-5-16-11/h3-7,12,15H,14H2,1-2H3/t12-/m0/s1. The van der Waals surface area contributed by atoms with Gasteiger partial charge in [-0.2, -0.15) is 0 Å². The molecule has 1 aromatic heterocycles. The number of thiophene rings is 1. The largest absolute Gasteiger partial charge is 0.507 e. The maximum Gasteiger partial charge on any atom is 0.121 e. The number of phenols is 1. The number of nitrogens with two attached hydrogens (primary N) is 1. The molecule has 0 unspecified atom stereocenters. The number of rotatable bonds is 2. The van der Waals surface area contributed by atoms with Crippen molar-refractivity contribution in [3.05, 3.63) is 51.2 Å². The van der Waals surface area contributed by atoms with Gasteiger partial charge >= 0.3 is 0 Å². The van der Waals surface area contributed by atoms with Crippen molar-refractivity contribution in [2.45, 2.75) is 19.9 Å². The van der Waals surface area contributed by atoms with Gasteiger partial charge in [0.15, 0.2) is 0 Å². The highest BCUT2D eigenvalue weighted by atomic mass is 32.1. The fraction of sp³-hybridized carbons (Fsp3) is 0.231. The van der Waals surface area contributed by atoms with Gasteiger partial charge in [0, 0.05) is 4.88 Å². The van der Waals surface area contributed by atoms with E-state index in [2.05, 4.69) is 0 Å². The van der Waals surface area contributed by atoms with Gasteiger partial charge < -0.3 is 10.8 Å². The minimum atomic E-state index is -0.0991. The van der Waals surface area contributed by atoms with E-state index in [9.17, 15) is 5.11 Å². The molecule has 0 bridgehead atoms. The maximum absolute atomic E-state index is 9.70. The van der Waals surface area contributed by atoms with Crippen LogP contribution in [0.3, 0.4) is 0 Å². The Kier molecular flexibility index (Phi) is 2.99. The van der Waals surface area contributed by atoms with E-state index in [0.29, 0.717) is 5.75 Å². The van der Waals surface area contributed by atoms with Gasteiger partial charge in [-0.05, 0) is 42.0 Å². The van der Waals surface area contributed by atoms with Gasteiger partial charge in [0.2, 0.25) is 0 Å². The predicted molar refractivity (Wildman–Crippen MR) is 67.9 cm³/mol. The van der Waals surface area contributed by atoms with E-state index in [0.717, 1.165) is 21.6 Å². The number of aromatic hydroxyl groups is 1. The number of hydrogen-bond acceptors (Lipinski definition) is 3. The average molecular weight is 233 g/mol. The van der Waals surface area contributed by atoms with Gasteiger partial charge in [0.05, 0.1) is 6.04 Å². The second-order valence-electron chi connectivity index (χ2n) is 4.00. The molecule has 16 heavy (non-hydrogen) atoms. The van der Waals surface area contributed by atoms with Crippen molar-refractivity contribution >= 4 is 11.3 Å². The van der Waals surface area contributed by atoms with Gasteiger partial charge in [-0.3, -0.25) is 0 Å². The summed E-state index contributed by atoms with van der Waals surface area (Å²) in [6.07, 6.45) is 0. The van der Waals surface area contributed by atoms with Crippen LogP contribution in [0.4, 0.5) is 0 Å². The van der Waals surface area contributed by atoms with E-state index in [1.807, 2.05) is 43.5 Å². The SMILES string of the molecule is Cc1cc([C@H](N)c2cccs2)cc(C)c1O. The van der Waals surface area contributed by atoms with Gasteiger partial charge in [-0.25, -0.2) is 0 Å². The molecule has 2 aromatic rings. The summed E-state index contributed by atoms with van der Waals surface area (Å²) in [5.41, 5.74) is 8.98. The molecule has 0 fully saturated rings. The lowest BCUT2D eigenvalue weighted by molar-refractivity contribution is 0.466. The summed E-state index contributed by atoms with van der Waals surface area (Å²) >= 11 is 1.65. The zero-order valence-corrected chi connectivity index (χ0v) is 10.2. The molecule has 2 nitrogen and oxygen atoms in total. The minimum absolute atomic E-state index is 0.0991. The third kappa shape index (κ3) is 1.96. The highest BCUT2D eigenvalue weighted by molar-refractivity contribution is 7.10. The third-order valence-electron chi connectivity index (χ3n) is 2.72. The Morgan fingerprint density at radius 2 is 1.88 bits per heavy atom. The van der Waals surface area contributed by atoms with Gasteiger partial charge in [-0.1, -0.05) is 18.2 Å². The molecule has 0 saturated carbocycles. The van der Waals surface area contributed by atoms with Crippen molar-refractivity contribution in [3.63, 3.8) is 0 Å². The van der Waals surface area contributed by atoms with Crippen LogP contribution in [0.1, 0.15) is 27.6 Å². The summed E-state index contributed by atoms with van der Waals surface area (Å²) in [5.74, 6) is 0.363. The Bertz CT molecular complexity index is 468. The molecular formula is C13H15NOS. The van der Waals surface area contributed by atoms with Crippen molar-refractivity contribution in [2.24, 2.45) is 5.73 Å². The van der Waals surface area contributed by atoms with Crippen LogP contribution in [-0.2, 0) is 0 Å². The van der Waals surface area contributed by atoms with E-state index in [-0.39, 0.29) is 6.04 Å². The first-order valence-corrected chi connectivity index (χ1v) is 6.06. The van der Waals surface area contributed by atoms with Gasteiger partial charge in [0.1, 0.15) is 5.75 Å². The predicted octanol–water partition coefficient (Wildman–Crippen LogP) is 3.12. The second-order valence-corrected chi connectivity index (χ2v) is 4.98. The van der Waals surface area contributed by atoms with Gasteiger partial charge in [0.25, 0.3) is 0 Å². The molecule has 3 N–H and O–H groups in total. The monoisotopic (exact) mass is 233 g/mol. The molecule has 0 aliphatic heterocycles. The lowest BCUT2D eigenvalue weighted by Crippen LogP contribution is -2.10. The van der Waals surface area contributed by atoms with Crippen molar-refractivity contribution in [2.75, 3.05) is 0 Å². The molecule has 1 heterocycles. The Morgan fingerprint density at radius 1 is 1.25 bits per heavy atom. The number of phenolic OH excluding ortho intramolecular Hbond substituents is 1. The van der Waals surface area contributed by atoms with Crippen molar-refractivity contribution in [1.82, 2.24) is 0 Å². The van der Waals surface area contributed by atoms with Crippen molar-refractivity contribution in [1.29, 1.82) is 0 Å². The summed E-state index contributed by atoms with van der Waals surface area (Å²) in [5, 5.41) is 11.7. The van der Waals surface area contributed by atoms with E-state index < -0.39 is 0 Å².